The molecule has 1 aromatic heterocycles. The number of hydrogen-bond donors (Lipinski definition) is 1. The second-order valence-electron chi connectivity index (χ2n) is 3.59. The van der Waals surface area contributed by atoms with E-state index in [2.05, 4.69) is 27.3 Å². The maximum absolute atomic E-state index is 3.57. The van der Waals surface area contributed by atoms with E-state index in [0.717, 1.165) is 12.5 Å². The summed E-state index contributed by atoms with van der Waals surface area (Å²) in [5, 5.41) is 3.28. The number of fused-ring (bicyclic) bond motifs is 1. The molecule has 0 spiro atoms. The van der Waals surface area contributed by atoms with E-state index < -0.39 is 0 Å². The Morgan fingerprint density at radius 2 is 2.54 bits per heavy atom. The van der Waals surface area contributed by atoms with Gasteiger partial charge in [0.2, 0.25) is 0 Å². The van der Waals surface area contributed by atoms with Crippen molar-refractivity contribution in [1.29, 1.82) is 0 Å². The summed E-state index contributed by atoms with van der Waals surface area (Å²) in [6, 6.07) is 2.29. The molecule has 1 nitrogen and oxygen atoms in total. The van der Waals surface area contributed by atoms with E-state index in [-0.39, 0.29) is 0 Å². The Balaban J connectivity index is 2.25. The summed E-state index contributed by atoms with van der Waals surface area (Å²) in [7, 11) is 2.04. The van der Waals surface area contributed by atoms with Gasteiger partial charge in [-0.1, -0.05) is 0 Å². The lowest BCUT2D eigenvalue weighted by atomic mass is 9.89. The van der Waals surface area contributed by atoms with Crippen molar-refractivity contribution in [3.63, 3.8) is 0 Å². The molecule has 1 aromatic rings. The Kier molecular flexibility index (Phi) is 3.06. The first-order valence-electron chi connectivity index (χ1n) is 4.74. The third kappa shape index (κ3) is 1.97. The molecule has 1 atom stereocenters. The highest BCUT2D eigenvalue weighted by atomic mass is 79.9. The highest BCUT2D eigenvalue weighted by Gasteiger charge is 2.21. The van der Waals surface area contributed by atoms with Crippen LogP contribution in [0.15, 0.2) is 9.85 Å². The van der Waals surface area contributed by atoms with Gasteiger partial charge in [-0.25, -0.2) is 0 Å². The number of thiophene rings is 1. The zero-order chi connectivity index (χ0) is 9.26. The van der Waals surface area contributed by atoms with E-state index in [1.807, 2.05) is 18.4 Å². The number of nitrogens with one attached hydrogen (secondary N) is 1. The number of hydrogen-bond acceptors (Lipinski definition) is 2. The quantitative estimate of drug-likeness (QED) is 0.861. The molecule has 1 heterocycles. The van der Waals surface area contributed by atoms with Gasteiger partial charge in [0.15, 0.2) is 0 Å². The van der Waals surface area contributed by atoms with E-state index in [1.165, 1.54) is 23.0 Å². The van der Waals surface area contributed by atoms with Crippen LogP contribution in [0.25, 0.3) is 0 Å². The van der Waals surface area contributed by atoms with Gasteiger partial charge in [-0.15, -0.1) is 11.3 Å². The van der Waals surface area contributed by atoms with Crippen LogP contribution in [0.1, 0.15) is 29.2 Å². The highest BCUT2D eigenvalue weighted by molar-refractivity contribution is 9.11. The van der Waals surface area contributed by atoms with Crippen molar-refractivity contribution in [3.8, 4) is 0 Å². The van der Waals surface area contributed by atoms with E-state index in [1.54, 1.807) is 10.4 Å². The Morgan fingerprint density at radius 3 is 3.31 bits per heavy atom. The van der Waals surface area contributed by atoms with Gasteiger partial charge in [0, 0.05) is 17.3 Å². The molecule has 0 bridgehead atoms. The summed E-state index contributed by atoms with van der Waals surface area (Å²) in [6.07, 6.45) is 3.97. The number of rotatable bonds is 2. The van der Waals surface area contributed by atoms with Gasteiger partial charge >= 0.3 is 0 Å². The lowest BCUT2D eigenvalue weighted by molar-refractivity contribution is 0.538. The topological polar surface area (TPSA) is 12.0 Å². The third-order valence-electron chi connectivity index (χ3n) is 2.63. The van der Waals surface area contributed by atoms with Crippen LogP contribution < -0.4 is 5.32 Å². The van der Waals surface area contributed by atoms with Crippen molar-refractivity contribution in [2.75, 3.05) is 13.6 Å². The molecule has 1 aliphatic rings. The average Bonchev–Trinajstić information content (AvgIpc) is 2.47. The Bertz CT molecular complexity index is 295. The zero-order valence-electron chi connectivity index (χ0n) is 7.77. The van der Waals surface area contributed by atoms with Crippen LogP contribution in [-0.4, -0.2) is 13.6 Å². The lowest BCUT2D eigenvalue weighted by Crippen LogP contribution is -2.19. The Hall–Kier alpha value is 0.140. The zero-order valence-corrected chi connectivity index (χ0v) is 10.2. The molecule has 0 radical (unpaired) electrons. The molecule has 72 valence electrons. The third-order valence-corrected chi connectivity index (χ3v) is 4.47. The van der Waals surface area contributed by atoms with Crippen LogP contribution in [-0.2, 0) is 6.42 Å². The van der Waals surface area contributed by atoms with Gasteiger partial charge in [0.1, 0.15) is 0 Å². The van der Waals surface area contributed by atoms with Crippen molar-refractivity contribution in [1.82, 2.24) is 5.32 Å². The SMILES string of the molecule is CNCC1CCCc2cc(Br)sc21. The number of halogens is 1. The molecular formula is C10H14BrNS. The summed E-state index contributed by atoms with van der Waals surface area (Å²) in [4.78, 5) is 1.60. The molecule has 2 rings (SSSR count). The molecule has 13 heavy (non-hydrogen) atoms. The fourth-order valence-electron chi connectivity index (χ4n) is 2.06. The summed E-state index contributed by atoms with van der Waals surface area (Å²) >= 11 is 5.48. The van der Waals surface area contributed by atoms with Crippen molar-refractivity contribution in [2.45, 2.75) is 25.2 Å². The van der Waals surface area contributed by atoms with Gasteiger partial charge in [-0.2, -0.15) is 0 Å². The second-order valence-corrected chi connectivity index (χ2v) is 6.05. The van der Waals surface area contributed by atoms with E-state index in [9.17, 15) is 0 Å². The highest BCUT2D eigenvalue weighted by Crippen LogP contribution is 2.39. The molecule has 0 aromatic carbocycles. The molecule has 0 saturated carbocycles. The molecule has 0 saturated heterocycles. The maximum atomic E-state index is 3.57. The first-order valence-corrected chi connectivity index (χ1v) is 6.35. The molecule has 1 N–H and O–H groups in total. The average molecular weight is 260 g/mol. The van der Waals surface area contributed by atoms with Crippen LogP contribution >= 0.6 is 27.3 Å². The molecular weight excluding hydrogens is 246 g/mol. The maximum Gasteiger partial charge on any atom is 0.0704 e. The van der Waals surface area contributed by atoms with Crippen LogP contribution in [0.3, 0.4) is 0 Å². The van der Waals surface area contributed by atoms with Gasteiger partial charge in [0.25, 0.3) is 0 Å². The van der Waals surface area contributed by atoms with Crippen LogP contribution in [0.5, 0.6) is 0 Å². The first-order chi connectivity index (χ1) is 6.31. The van der Waals surface area contributed by atoms with Crippen molar-refractivity contribution < 1.29 is 0 Å². The van der Waals surface area contributed by atoms with Crippen LogP contribution in [0, 0.1) is 0 Å². The van der Waals surface area contributed by atoms with Crippen molar-refractivity contribution in [2.24, 2.45) is 0 Å². The monoisotopic (exact) mass is 259 g/mol. The summed E-state index contributed by atoms with van der Waals surface area (Å²) in [5.74, 6) is 0.755. The van der Waals surface area contributed by atoms with Crippen LogP contribution in [0.2, 0.25) is 0 Å². The van der Waals surface area contributed by atoms with E-state index >= 15 is 0 Å². The minimum absolute atomic E-state index is 0.755. The summed E-state index contributed by atoms with van der Waals surface area (Å²) < 4.78 is 1.29. The molecule has 0 amide bonds. The van der Waals surface area contributed by atoms with Crippen molar-refractivity contribution >= 4 is 27.3 Å². The standard InChI is InChI=1S/C10H14BrNS/c1-12-6-8-4-2-3-7-5-9(11)13-10(7)8/h5,8,12H,2-4,6H2,1H3. The van der Waals surface area contributed by atoms with E-state index in [4.69, 9.17) is 0 Å². The summed E-state index contributed by atoms with van der Waals surface area (Å²) in [6.45, 7) is 1.12. The number of aryl methyl sites for hydroxylation is 1. The Labute approximate surface area is 91.7 Å². The normalized spacial score (nSPS) is 21.5. The fourth-order valence-corrected chi connectivity index (χ4v) is 3.93. The predicted octanol–water partition coefficient (Wildman–Crippen LogP) is 3.15. The first kappa shape index (κ1) is 9.69. The molecule has 3 heteroatoms. The molecule has 1 unspecified atom stereocenters. The van der Waals surface area contributed by atoms with Gasteiger partial charge in [0.05, 0.1) is 3.79 Å². The largest absolute Gasteiger partial charge is 0.319 e. The smallest absolute Gasteiger partial charge is 0.0704 e. The minimum atomic E-state index is 0.755. The van der Waals surface area contributed by atoms with Crippen molar-refractivity contribution in [3.05, 3.63) is 20.3 Å². The van der Waals surface area contributed by atoms with Gasteiger partial charge < -0.3 is 5.32 Å². The van der Waals surface area contributed by atoms with Gasteiger partial charge in [-0.05, 0) is 53.9 Å². The van der Waals surface area contributed by atoms with Gasteiger partial charge in [-0.3, -0.25) is 0 Å². The Morgan fingerprint density at radius 1 is 1.69 bits per heavy atom. The molecule has 0 aliphatic heterocycles. The second kappa shape index (κ2) is 4.11. The fraction of sp³-hybridized carbons (Fsp3) is 0.600. The number of likely N-dealkylation sites (N-methyl/N-ethyl adjacent to an activating group) is 1. The van der Waals surface area contributed by atoms with E-state index in [0.29, 0.717) is 0 Å². The predicted molar refractivity (Wildman–Crippen MR) is 61.6 cm³/mol. The molecule has 0 fully saturated rings. The lowest BCUT2D eigenvalue weighted by Gasteiger charge is -2.21. The summed E-state index contributed by atoms with van der Waals surface area (Å²) in [5.41, 5.74) is 1.57. The minimum Gasteiger partial charge on any atom is -0.319 e. The van der Waals surface area contributed by atoms with Crippen LogP contribution in [0.4, 0.5) is 0 Å². The molecule has 1 aliphatic carbocycles.